The Morgan fingerprint density at radius 2 is 1.96 bits per heavy atom. The Hall–Kier alpha value is -2.40. The molecule has 140 valence electrons. The molecule has 1 aliphatic carbocycles. The number of nitrogens with one attached hydrogen (secondary N) is 1. The number of aromatic nitrogens is 1. The zero-order chi connectivity index (χ0) is 18.6. The molecule has 1 saturated carbocycles. The van der Waals surface area contributed by atoms with Gasteiger partial charge in [0.2, 0.25) is 11.7 Å². The molecule has 2 heterocycles. The van der Waals surface area contributed by atoms with Crippen molar-refractivity contribution in [2.24, 2.45) is 0 Å². The van der Waals surface area contributed by atoms with E-state index < -0.39 is 5.54 Å². The van der Waals surface area contributed by atoms with E-state index in [2.05, 4.69) is 16.5 Å². The topological polar surface area (TPSA) is 102 Å². The number of hydrogen-bond donors (Lipinski definition) is 1. The van der Waals surface area contributed by atoms with Crippen LogP contribution in [-0.2, 0) is 4.79 Å². The van der Waals surface area contributed by atoms with Crippen LogP contribution in [0.1, 0.15) is 48.4 Å². The van der Waals surface area contributed by atoms with Gasteiger partial charge in [0.1, 0.15) is 5.54 Å². The number of nitrogens with zero attached hydrogens (tertiary/aromatic N) is 4. The fraction of sp³-hybridized carbons (Fsp3) is 0.667. The van der Waals surface area contributed by atoms with Gasteiger partial charge in [-0.1, -0.05) is 24.4 Å². The van der Waals surface area contributed by atoms with Crippen molar-refractivity contribution >= 4 is 11.8 Å². The lowest BCUT2D eigenvalue weighted by Gasteiger charge is -2.35. The van der Waals surface area contributed by atoms with E-state index in [0.717, 1.165) is 32.1 Å². The maximum absolute atomic E-state index is 12.4. The molecular formula is C18H25N5O3. The SMILES string of the molecule is Cc1cc(C(=O)N2CCN(CC(=O)NC3(C#N)CCCCC3)CC2)on1. The first kappa shape index (κ1) is 18.4. The Bertz CT molecular complexity index is 694. The number of amides is 2. The molecule has 2 aliphatic rings. The van der Waals surface area contributed by atoms with Gasteiger partial charge in [0.25, 0.3) is 5.91 Å². The van der Waals surface area contributed by atoms with Crippen molar-refractivity contribution < 1.29 is 14.1 Å². The van der Waals surface area contributed by atoms with Gasteiger partial charge in [-0.3, -0.25) is 14.5 Å². The van der Waals surface area contributed by atoms with E-state index >= 15 is 0 Å². The van der Waals surface area contributed by atoms with Crippen LogP contribution in [0.3, 0.4) is 0 Å². The maximum Gasteiger partial charge on any atom is 0.292 e. The molecule has 0 spiro atoms. The van der Waals surface area contributed by atoms with Crippen LogP contribution in [-0.4, -0.2) is 65.0 Å². The van der Waals surface area contributed by atoms with E-state index in [9.17, 15) is 14.9 Å². The van der Waals surface area contributed by atoms with Gasteiger partial charge in [-0.15, -0.1) is 0 Å². The third kappa shape index (κ3) is 4.22. The van der Waals surface area contributed by atoms with Crippen molar-refractivity contribution in [1.29, 1.82) is 5.26 Å². The summed E-state index contributed by atoms with van der Waals surface area (Å²) in [6, 6.07) is 3.94. The molecule has 8 heteroatoms. The lowest BCUT2D eigenvalue weighted by Crippen LogP contribution is -2.54. The highest BCUT2D eigenvalue weighted by molar-refractivity contribution is 5.91. The van der Waals surface area contributed by atoms with Gasteiger partial charge in [0.15, 0.2) is 0 Å². The maximum atomic E-state index is 12.4. The van der Waals surface area contributed by atoms with Crippen LogP contribution in [0.4, 0.5) is 0 Å². The summed E-state index contributed by atoms with van der Waals surface area (Å²) < 4.78 is 5.03. The second-order valence-electron chi connectivity index (χ2n) is 7.20. The van der Waals surface area contributed by atoms with Crippen molar-refractivity contribution in [3.05, 3.63) is 17.5 Å². The predicted octanol–water partition coefficient (Wildman–Crippen LogP) is 1.08. The third-order valence-corrected chi connectivity index (χ3v) is 5.17. The average molecular weight is 359 g/mol. The van der Waals surface area contributed by atoms with Gasteiger partial charge >= 0.3 is 0 Å². The van der Waals surface area contributed by atoms with Gasteiger partial charge in [-0.25, -0.2) is 0 Å². The Balaban J connectivity index is 1.47. The van der Waals surface area contributed by atoms with Gasteiger partial charge in [-0.2, -0.15) is 5.26 Å². The Morgan fingerprint density at radius 1 is 1.27 bits per heavy atom. The number of carbonyl (C=O) groups is 2. The van der Waals surface area contributed by atoms with Crippen LogP contribution in [0.15, 0.2) is 10.6 Å². The highest BCUT2D eigenvalue weighted by atomic mass is 16.5. The lowest BCUT2D eigenvalue weighted by atomic mass is 9.83. The molecule has 1 aromatic rings. The molecule has 0 unspecified atom stereocenters. The van der Waals surface area contributed by atoms with Gasteiger partial charge < -0.3 is 14.7 Å². The summed E-state index contributed by atoms with van der Waals surface area (Å²) in [6.45, 7) is 4.34. The number of nitriles is 1. The van der Waals surface area contributed by atoms with E-state index in [1.54, 1.807) is 17.9 Å². The van der Waals surface area contributed by atoms with Crippen molar-refractivity contribution in [1.82, 2.24) is 20.3 Å². The standard InChI is InChI=1S/C18H25N5O3/c1-14-11-15(26-21-14)17(25)23-9-7-22(8-10-23)12-16(24)20-18(13-19)5-3-2-4-6-18/h11H,2-10,12H2,1H3,(H,20,24). The fourth-order valence-corrected chi connectivity index (χ4v) is 3.66. The molecule has 2 fully saturated rings. The quantitative estimate of drug-likeness (QED) is 0.863. The first-order chi connectivity index (χ1) is 12.5. The normalized spacial score (nSPS) is 20.4. The molecular weight excluding hydrogens is 334 g/mol. The number of rotatable bonds is 4. The smallest absolute Gasteiger partial charge is 0.292 e. The molecule has 26 heavy (non-hydrogen) atoms. The molecule has 0 aromatic carbocycles. The van der Waals surface area contributed by atoms with Crippen molar-refractivity contribution in [3.63, 3.8) is 0 Å². The largest absolute Gasteiger partial charge is 0.351 e. The molecule has 3 rings (SSSR count). The van der Waals surface area contributed by atoms with Crippen molar-refractivity contribution in [2.75, 3.05) is 32.7 Å². The predicted molar refractivity (Wildman–Crippen MR) is 93.2 cm³/mol. The molecule has 8 nitrogen and oxygen atoms in total. The molecule has 1 aromatic heterocycles. The second-order valence-corrected chi connectivity index (χ2v) is 7.20. The summed E-state index contributed by atoms with van der Waals surface area (Å²) >= 11 is 0. The molecule has 1 saturated heterocycles. The minimum atomic E-state index is -0.697. The number of carbonyl (C=O) groups excluding carboxylic acids is 2. The highest BCUT2D eigenvalue weighted by Gasteiger charge is 2.34. The second kappa shape index (κ2) is 7.87. The zero-order valence-electron chi connectivity index (χ0n) is 15.2. The molecule has 2 amide bonds. The van der Waals surface area contributed by atoms with Crippen LogP contribution in [0.25, 0.3) is 0 Å². The van der Waals surface area contributed by atoms with E-state index in [4.69, 9.17) is 4.52 Å². The average Bonchev–Trinajstić information content (AvgIpc) is 3.09. The Kier molecular flexibility index (Phi) is 5.57. The van der Waals surface area contributed by atoms with Crippen LogP contribution < -0.4 is 5.32 Å². The van der Waals surface area contributed by atoms with Gasteiger partial charge in [0.05, 0.1) is 18.3 Å². The highest BCUT2D eigenvalue weighted by Crippen LogP contribution is 2.27. The third-order valence-electron chi connectivity index (χ3n) is 5.17. The molecule has 0 atom stereocenters. The van der Waals surface area contributed by atoms with Crippen molar-refractivity contribution in [2.45, 2.75) is 44.6 Å². The summed E-state index contributed by atoms with van der Waals surface area (Å²) in [6.07, 6.45) is 4.55. The summed E-state index contributed by atoms with van der Waals surface area (Å²) in [7, 11) is 0. The van der Waals surface area contributed by atoms with Crippen molar-refractivity contribution in [3.8, 4) is 6.07 Å². The Morgan fingerprint density at radius 3 is 2.54 bits per heavy atom. The van der Waals surface area contributed by atoms with Crippen LogP contribution in [0, 0.1) is 18.3 Å². The monoisotopic (exact) mass is 359 g/mol. The van der Waals surface area contributed by atoms with Crippen LogP contribution in [0.5, 0.6) is 0 Å². The lowest BCUT2D eigenvalue weighted by molar-refractivity contribution is -0.124. The molecule has 0 bridgehead atoms. The van der Waals surface area contributed by atoms with E-state index in [0.29, 0.717) is 31.9 Å². The summed E-state index contributed by atoms with van der Waals surface area (Å²) in [5, 5.41) is 16.2. The van der Waals surface area contributed by atoms with Crippen LogP contribution in [0.2, 0.25) is 0 Å². The molecule has 1 aliphatic heterocycles. The van der Waals surface area contributed by atoms with Crippen LogP contribution >= 0.6 is 0 Å². The van der Waals surface area contributed by atoms with Gasteiger partial charge in [0, 0.05) is 32.2 Å². The molecule has 0 radical (unpaired) electrons. The number of aryl methyl sites for hydroxylation is 1. The van der Waals surface area contributed by atoms with E-state index in [1.807, 2.05) is 4.90 Å². The molecule has 1 N–H and O–H groups in total. The fourth-order valence-electron chi connectivity index (χ4n) is 3.66. The Labute approximate surface area is 153 Å². The summed E-state index contributed by atoms with van der Waals surface area (Å²) in [5.41, 5.74) is -0.0186. The number of hydrogen-bond acceptors (Lipinski definition) is 6. The summed E-state index contributed by atoms with van der Waals surface area (Å²) in [4.78, 5) is 28.4. The van der Waals surface area contributed by atoms with E-state index in [-0.39, 0.29) is 24.1 Å². The van der Waals surface area contributed by atoms with Gasteiger partial charge in [-0.05, 0) is 19.8 Å². The summed E-state index contributed by atoms with van der Waals surface area (Å²) in [5.74, 6) is -0.0265. The van der Waals surface area contributed by atoms with E-state index in [1.165, 1.54) is 0 Å². The number of piperazine rings is 1. The first-order valence-corrected chi connectivity index (χ1v) is 9.18. The zero-order valence-corrected chi connectivity index (χ0v) is 15.2. The first-order valence-electron chi connectivity index (χ1n) is 9.18. The minimum Gasteiger partial charge on any atom is -0.351 e. The minimum absolute atomic E-state index is 0.112.